The van der Waals surface area contributed by atoms with Gasteiger partial charge in [0, 0.05) is 12.0 Å². The average molecular weight is 298 g/mol. The van der Waals surface area contributed by atoms with Gasteiger partial charge >= 0.3 is 0 Å². The van der Waals surface area contributed by atoms with Crippen molar-refractivity contribution in [1.29, 1.82) is 0 Å². The molecule has 1 heterocycles. The lowest BCUT2D eigenvalue weighted by atomic mass is 9.77. The Hall–Kier alpha value is -1.78. The molecule has 0 saturated heterocycles. The van der Waals surface area contributed by atoms with E-state index in [0.29, 0.717) is 11.3 Å². The highest BCUT2D eigenvalue weighted by atomic mass is 19.2. The highest BCUT2D eigenvalue weighted by Gasteiger charge is 2.48. The van der Waals surface area contributed by atoms with Crippen LogP contribution in [0.25, 0.3) is 11.3 Å². The van der Waals surface area contributed by atoms with Gasteiger partial charge in [0.1, 0.15) is 30.4 Å². The summed E-state index contributed by atoms with van der Waals surface area (Å²) in [5, 5.41) is 0. The van der Waals surface area contributed by atoms with Crippen LogP contribution >= 0.6 is 0 Å². The number of benzene rings is 1. The minimum Gasteiger partial charge on any atom is -0.464 e. The van der Waals surface area contributed by atoms with Crippen LogP contribution in [0.15, 0.2) is 47.1 Å². The highest BCUT2D eigenvalue weighted by Crippen LogP contribution is 2.43. The van der Waals surface area contributed by atoms with E-state index in [9.17, 15) is 17.6 Å². The molecule has 4 atom stereocenters. The summed E-state index contributed by atoms with van der Waals surface area (Å²) in [6.07, 6.45) is -7.43. The van der Waals surface area contributed by atoms with E-state index in [1.54, 1.807) is 30.3 Å². The Morgan fingerprint density at radius 2 is 1.52 bits per heavy atom. The van der Waals surface area contributed by atoms with Gasteiger partial charge in [-0.15, -0.1) is 0 Å². The van der Waals surface area contributed by atoms with Gasteiger partial charge in [-0.25, -0.2) is 17.6 Å². The van der Waals surface area contributed by atoms with Crippen LogP contribution in [0.4, 0.5) is 17.6 Å². The molecule has 5 heteroatoms. The summed E-state index contributed by atoms with van der Waals surface area (Å²) in [6.45, 7) is 0. The molecule has 0 spiro atoms. The lowest BCUT2D eigenvalue weighted by Crippen LogP contribution is -2.44. The lowest BCUT2D eigenvalue weighted by molar-refractivity contribution is -0.00557. The molecule has 0 aliphatic heterocycles. The molecule has 1 nitrogen and oxygen atoms in total. The zero-order valence-electron chi connectivity index (χ0n) is 11.1. The summed E-state index contributed by atoms with van der Waals surface area (Å²) >= 11 is 0. The third kappa shape index (κ3) is 2.45. The molecule has 0 bridgehead atoms. The van der Waals surface area contributed by atoms with Crippen molar-refractivity contribution in [2.45, 2.75) is 37.0 Å². The van der Waals surface area contributed by atoms with Crippen molar-refractivity contribution in [3.8, 4) is 11.3 Å². The van der Waals surface area contributed by atoms with Gasteiger partial charge in [-0.3, -0.25) is 0 Å². The van der Waals surface area contributed by atoms with E-state index < -0.39 is 37.0 Å². The van der Waals surface area contributed by atoms with Crippen LogP contribution < -0.4 is 0 Å². The number of hydrogen-bond donors (Lipinski definition) is 0. The number of alkyl halides is 4. The van der Waals surface area contributed by atoms with Gasteiger partial charge in [-0.05, 0) is 17.7 Å². The fourth-order valence-corrected chi connectivity index (χ4v) is 2.89. The quantitative estimate of drug-likeness (QED) is 0.727. The Morgan fingerprint density at radius 3 is 2.14 bits per heavy atom. The van der Waals surface area contributed by atoms with E-state index in [1.807, 2.05) is 0 Å². The largest absolute Gasteiger partial charge is 0.464 e. The maximum Gasteiger partial charge on any atom is 0.141 e. The second kappa shape index (κ2) is 5.54. The molecule has 1 aromatic carbocycles. The minimum absolute atomic E-state index is 0.234. The normalized spacial score (nSPS) is 33.0. The summed E-state index contributed by atoms with van der Waals surface area (Å²) in [4.78, 5) is 0. The monoisotopic (exact) mass is 298 g/mol. The van der Waals surface area contributed by atoms with Crippen molar-refractivity contribution in [3.63, 3.8) is 0 Å². The Bertz CT molecular complexity index is 584. The third-order valence-corrected chi connectivity index (χ3v) is 3.93. The Kier molecular flexibility index (Phi) is 3.74. The van der Waals surface area contributed by atoms with Crippen LogP contribution in [0.2, 0.25) is 0 Å². The average Bonchev–Trinajstić information content (AvgIpc) is 3.00. The van der Waals surface area contributed by atoms with E-state index in [0.717, 1.165) is 0 Å². The van der Waals surface area contributed by atoms with E-state index in [-0.39, 0.29) is 5.56 Å². The van der Waals surface area contributed by atoms with Crippen molar-refractivity contribution >= 4 is 0 Å². The second-order valence-electron chi connectivity index (χ2n) is 5.25. The SMILES string of the molecule is FC1CC(F)C(F)C(c2ccccc2-c2ccco2)C1F. The molecule has 0 amide bonds. The van der Waals surface area contributed by atoms with Gasteiger partial charge in [-0.2, -0.15) is 0 Å². The Balaban J connectivity index is 2.07. The molecule has 1 fully saturated rings. The summed E-state index contributed by atoms with van der Waals surface area (Å²) < 4.78 is 60.8. The zero-order valence-corrected chi connectivity index (χ0v) is 11.1. The van der Waals surface area contributed by atoms with Crippen molar-refractivity contribution in [3.05, 3.63) is 48.2 Å². The molecule has 21 heavy (non-hydrogen) atoms. The first-order valence-electron chi connectivity index (χ1n) is 6.78. The zero-order chi connectivity index (χ0) is 15.0. The molecular weight excluding hydrogens is 284 g/mol. The topological polar surface area (TPSA) is 13.1 Å². The van der Waals surface area contributed by atoms with E-state index >= 15 is 0 Å². The molecule has 1 saturated carbocycles. The van der Waals surface area contributed by atoms with E-state index in [1.165, 1.54) is 12.3 Å². The van der Waals surface area contributed by atoms with Gasteiger partial charge in [0.15, 0.2) is 0 Å². The van der Waals surface area contributed by atoms with Crippen molar-refractivity contribution in [2.24, 2.45) is 0 Å². The van der Waals surface area contributed by atoms with Gasteiger partial charge in [0.25, 0.3) is 0 Å². The minimum atomic E-state index is -2.07. The van der Waals surface area contributed by atoms with Gasteiger partial charge in [-0.1, -0.05) is 24.3 Å². The Morgan fingerprint density at radius 1 is 0.857 bits per heavy atom. The fraction of sp³-hybridized carbons (Fsp3) is 0.375. The summed E-state index contributed by atoms with van der Waals surface area (Å²) in [7, 11) is 0. The first-order chi connectivity index (χ1) is 10.1. The summed E-state index contributed by atoms with van der Waals surface area (Å²) in [5.41, 5.74) is 0.691. The molecule has 1 aromatic heterocycles. The molecule has 4 unspecified atom stereocenters. The number of halogens is 4. The van der Waals surface area contributed by atoms with Crippen molar-refractivity contribution in [2.75, 3.05) is 0 Å². The van der Waals surface area contributed by atoms with E-state index in [4.69, 9.17) is 4.42 Å². The highest BCUT2D eigenvalue weighted by molar-refractivity contribution is 5.63. The molecule has 3 rings (SSSR count). The van der Waals surface area contributed by atoms with Crippen LogP contribution in [0.5, 0.6) is 0 Å². The third-order valence-electron chi connectivity index (χ3n) is 3.93. The molecule has 0 radical (unpaired) electrons. The van der Waals surface area contributed by atoms with Crippen LogP contribution in [-0.2, 0) is 0 Å². The standard InChI is InChI=1S/C16H14F4O/c17-11-8-12(18)16(20)14(15(11)19)10-5-2-1-4-9(10)13-6-3-7-21-13/h1-7,11-12,14-16H,8H2. The van der Waals surface area contributed by atoms with Crippen LogP contribution in [0.3, 0.4) is 0 Å². The first kappa shape index (κ1) is 14.2. The van der Waals surface area contributed by atoms with Crippen LogP contribution in [-0.4, -0.2) is 24.7 Å². The predicted octanol–water partition coefficient (Wildman–Crippen LogP) is 4.79. The summed E-state index contributed by atoms with van der Waals surface area (Å²) in [5.74, 6) is -1.05. The number of furan rings is 1. The van der Waals surface area contributed by atoms with Gasteiger partial charge in [0.05, 0.1) is 12.2 Å². The molecule has 112 valence electrons. The van der Waals surface area contributed by atoms with Crippen molar-refractivity contribution < 1.29 is 22.0 Å². The first-order valence-corrected chi connectivity index (χ1v) is 6.78. The smallest absolute Gasteiger partial charge is 0.141 e. The number of hydrogen-bond acceptors (Lipinski definition) is 1. The molecule has 1 aliphatic carbocycles. The van der Waals surface area contributed by atoms with Crippen molar-refractivity contribution in [1.82, 2.24) is 0 Å². The molecule has 1 aliphatic rings. The Labute approximate surface area is 119 Å². The maximum atomic E-state index is 14.2. The summed E-state index contributed by atoms with van der Waals surface area (Å²) in [6, 6.07) is 9.68. The molecule has 0 N–H and O–H groups in total. The molecular formula is C16H14F4O. The maximum absolute atomic E-state index is 14.2. The molecule has 2 aromatic rings. The number of rotatable bonds is 2. The predicted molar refractivity (Wildman–Crippen MR) is 71.1 cm³/mol. The van der Waals surface area contributed by atoms with E-state index in [2.05, 4.69) is 0 Å². The van der Waals surface area contributed by atoms with Crippen LogP contribution in [0.1, 0.15) is 17.9 Å². The van der Waals surface area contributed by atoms with Gasteiger partial charge in [0.2, 0.25) is 0 Å². The fourth-order valence-electron chi connectivity index (χ4n) is 2.89. The van der Waals surface area contributed by atoms with Gasteiger partial charge < -0.3 is 4.42 Å². The van der Waals surface area contributed by atoms with Crippen LogP contribution in [0, 0.1) is 0 Å². The lowest BCUT2D eigenvalue weighted by Gasteiger charge is -2.35. The second-order valence-corrected chi connectivity index (χ2v) is 5.25.